The van der Waals surface area contributed by atoms with E-state index in [1.807, 2.05) is 85.9 Å². The van der Waals surface area contributed by atoms with Crippen LogP contribution in [0.3, 0.4) is 0 Å². The van der Waals surface area contributed by atoms with Crippen molar-refractivity contribution in [2.45, 2.75) is 13.2 Å². The number of nitrogens with one attached hydrogen (secondary N) is 1. The van der Waals surface area contributed by atoms with Gasteiger partial charge in [0.25, 0.3) is 5.91 Å². The number of para-hydroxylation sites is 2. The molecule has 0 bridgehead atoms. The van der Waals surface area contributed by atoms with Crippen molar-refractivity contribution in [2.75, 3.05) is 10.2 Å². The number of hydrogen-bond acceptors (Lipinski definition) is 4. The Morgan fingerprint density at radius 2 is 1.74 bits per heavy atom. The van der Waals surface area contributed by atoms with Crippen molar-refractivity contribution < 1.29 is 9.53 Å². The van der Waals surface area contributed by atoms with Gasteiger partial charge in [0, 0.05) is 18.2 Å². The minimum atomic E-state index is -0.0689. The molecule has 5 rings (SSSR count). The summed E-state index contributed by atoms with van der Waals surface area (Å²) in [6, 6.07) is 25.1. The third-order valence-electron chi connectivity index (χ3n) is 5.39. The van der Waals surface area contributed by atoms with Crippen LogP contribution in [0.1, 0.15) is 21.5 Å². The number of carbonyl (C=O) groups excluding carboxylic acids is 1. The van der Waals surface area contributed by atoms with Gasteiger partial charge in [0.2, 0.25) is 0 Å². The van der Waals surface area contributed by atoms with E-state index in [0.29, 0.717) is 18.7 Å². The van der Waals surface area contributed by atoms with Gasteiger partial charge in [0.1, 0.15) is 18.2 Å². The highest BCUT2D eigenvalue weighted by atomic mass is 16.5. The van der Waals surface area contributed by atoms with Gasteiger partial charge in [-0.1, -0.05) is 42.5 Å². The maximum absolute atomic E-state index is 13.5. The summed E-state index contributed by atoms with van der Waals surface area (Å²) in [5.74, 6) is 1.56. The molecule has 6 heteroatoms. The second-order valence-corrected chi connectivity index (χ2v) is 7.47. The highest BCUT2D eigenvalue weighted by Gasteiger charge is 2.26. The lowest BCUT2D eigenvalue weighted by molar-refractivity contribution is 0.0985. The molecule has 0 saturated carbocycles. The molecule has 0 aliphatic carbocycles. The Balaban J connectivity index is 1.39. The van der Waals surface area contributed by atoms with E-state index in [1.165, 1.54) is 0 Å². The van der Waals surface area contributed by atoms with Crippen LogP contribution in [0.25, 0.3) is 0 Å². The Morgan fingerprint density at radius 3 is 2.55 bits per heavy atom. The second-order valence-electron chi connectivity index (χ2n) is 7.47. The molecule has 0 spiro atoms. The predicted molar refractivity (Wildman–Crippen MR) is 121 cm³/mol. The van der Waals surface area contributed by atoms with Gasteiger partial charge >= 0.3 is 0 Å². The van der Waals surface area contributed by atoms with Crippen molar-refractivity contribution in [1.29, 1.82) is 0 Å². The fraction of sp³-hybridized carbons (Fsp3) is 0.120. The number of aromatic nitrogens is 2. The molecule has 6 nitrogen and oxygen atoms in total. The molecule has 3 aromatic carbocycles. The summed E-state index contributed by atoms with van der Waals surface area (Å²) >= 11 is 0. The lowest BCUT2D eigenvalue weighted by Gasteiger charge is -2.22. The van der Waals surface area contributed by atoms with Crippen LogP contribution in [0.2, 0.25) is 0 Å². The zero-order chi connectivity index (χ0) is 21.2. The molecular weight excluding hydrogens is 388 g/mol. The second kappa shape index (κ2) is 7.99. The van der Waals surface area contributed by atoms with Crippen LogP contribution in [0.4, 0.5) is 17.2 Å². The number of aryl methyl sites for hydroxylation is 1. The lowest BCUT2D eigenvalue weighted by atomic mass is 10.1. The Morgan fingerprint density at radius 1 is 1.00 bits per heavy atom. The van der Waals surface area contributed by atoms with E-state index in [1.54, 1.807) is 15.8 Å². The fourth-order valence-electron chi connectivity index (χ4n) is 3.73. The van der Waals surface area contributed by atoms with Crippen LogP contribution < -0.4 is 15.0 Å². The number of benzene rings is 3. The van der Waals surface area contributed by atoms with E-state index in [9.17, 15) is 4.79 Å². The van der Waals surface area contributed by atoms with Crippen molar-refractivity contribution in [3.8, 4) is 5.75 Å². The van der Waals surface area contributed by atoms with Crippen molar-refractivity contribution in [3.05, 3.63) is 102 Å². The highest BCUT2D eigenvalue weighted by Crippen LogP contribution is 2.36. The Labute approximate surface area is 180 Å². The van der Waals surface area contributed by atoms with Gasteiger partial charge in [-0.25, -0.2) is 0 Å². The zero-order valence-electron chi connectivity index (χ0n) is 17.2. The van der Waals surface area contributed by atoms with E-state index >= 15 is 0 Å². The molecule has 154 valence electrons. The molecule has 0 unspecified atom stereocenters. The number of hydrogen-bond donors (Lipinski definition) is 1. The SMILES string of the molecule is Cn1ncc2c1Nc1ccccc1N(C(=O)c1ccc(OCc3ccccc3)cc1)C2. The molecule has 1 N–H and O–H groups in total. The standard InChI is InChI=1S/C25H22N4O2/c1-28-24-20(15-26-28)16-29(23-10-6-5-9-22(23)27-24)25(30)19-11-13-21(14-12-19)31-17-18-7-3-2-4-8-18/h2-15,27H,16-17H2,1H3. The third kappa shape index (κ3) is 3.75. The van der Waals surface area contributed by atoms with E-state index in [0.717, 1.165) is 34.1 Å². The van der Waals surface area contributed by atoms with Crippen molar-refractivity contribution in [2.24, 2.45) is 7.05 Å². The zero-order valence-corrected chi connectivity index (χ0v) is 17.2. The molecule has 1 aromatic heterocycles. The van der Waals surface area contributed by atoms with Gasteiger partial charge in [-0.3, -0.25) is 9.48 Å². The summed E-state index contributed by atoms with van der Waals surface area (Å²) < 4.78 is 7.64. The summed E-state index contributed by atoms with van der Waals surface area (Å²) in [4.78, 5) is 15.2. The van der Waals surface area contributed by atoms with E-state index < -0.39 is 0 Å². The van der Waals surface area contributed by atoms with Crippen LogP contribution in [-0.4, -0.2) is 15.7 Å². The molecule has 4 aromatic rings. The van der Waals surface area contributed by atoms with Gasteiger partial charge in [0.05, 0.1) is 24.1 Å². The van der Waals surface area contributed by atoms with Gasteiger partial charge in [-0.15, -0.1) is 0 Å². The summed E-state index contributed by atoms with van der Waals surface area (Å²) in [7, 11) is 1.89. The van der Waals surface area contributed by atoms with Crippen LogP contribution in [0.5, 0.6) is 5.75 Å². The van der Waals surface area contributed by atoms with E-state index in [-0.39, 0.29) is 5.91 Å². The molecule has 1 amide bonds. The predicted octanol–water partition coefficient (Wildman–Crippen LogP) is 4.90. The van der Waals surface area contributed by atoms with E-state index in [2.05, 4.69) is 10.4 Å². The number of amides is 1. The molecule has 0 saturated heterocycles. The van der Waals surface area contributed by atoms with Crippen LogP contribution in [-0.2, 0) is 20.2 Å². The van der Waals surface area contributed by atoms with Crippen LogP contribution in [0, 0.1) is 0 Å². The van der Waals surface area contributed by atoms with Crippen molar-refractivity contribution in [1.82, 2.24) is 9.78 Å². The monoisotopic (exact) mass is 410 g/mol. The minimum absolute atomic E-state index is 0.0689. The van der Waals surface area contributed by atoms with E-state index in [4.69, 9.17) is 4.74 Å². The first-order valence-electron chi connectivity index (χ1n) is 10.1. The molecule has 31 heavy (non-hydrogen) atoms. The van der Waals surface area contributed by atoms with Gasteiger partial charge in [0.15, 0.2) is 0 Å². The quantitative estimate of drug-likeness (QED) is 0.520. The van der Waals surface area contributed by atoms with Crippen LogP contribution in [0.15, 0.2) is 85.1 Å². The Kier molecular flexibility index (Phi) is 4.88. The number of nitrogens with zero attached hydrogens (tertiary/aromatic N) is 3. The molecule has 1 aliphatic rings. The first-order chi connectivity index (χ1) is 15.2. The van der Waals surface area contributed by atoms with Gasteiger partial charge < -0.3 is 15.0 Å². The molecular formula is C25H22N4O2. The fourth-order valence-corrected chi connectivity index (χ4v) is 3.73. The lowest BCUT2D eigenvalue weighted by Crippen LogP contribution is -2.29. The molecule has 1 aliphatic heterocycles. The largest absolute Gasteiger partial charge is 0.489 e. The normalized spacial score (nSPS) is 12.4. The first kappa shape index (κ1) is 18.9. The number of rotatable bonds is 4. The maximum Gasteiger partial charge on any atom is 0.258 e. The van der Waals surface area contributed by atoms with Crippen LogP contribution >= 0.6 is 0 Å². The van der Waals surface area contributed by atoms with Gasteiger partial charge in [-0.05, 0) is 42.0 Å². The summed E-state index contributed by atoms with van der Waals surface area (Å²) in [5, 5.41) is 7.75. The summed E-state index contributed by atoms with van der Waals surface area (Å²) in [6.07, 6.45) is 1.80. The number of ether oxygens (including phenoxy) is 1. The highest BCUT2D eigenvalue weighted by molar-refractivity contribution is 6.08. The third-order valence-corrected chi connectivity index (χ3v) is 5.39. The first-order valence-corrected chi connectivity index (χ1v) is 10.1. The van der Waals surface area contributed by atoms with Crippen molar-refractivity contribution >= 4 is 23.1 Å². The Bertz CT molecular complexity index is 1220. The summed E-state index contributed by atoms with van der Waals surface area (Å²) in [6.45, 7) is 0.932. The maximum atomic E-state index is 13.5. The van der Waals surface area contributed by atoms with Gasteiger partial charge in [-0.2, -0.15) is 5.10 Å². The molecule has 0 radical (unpaired) electrons. The average Bonchev–Trinajstić information content (AvgIpc) is 3.06. The molecule has 0 fully saturated rings. The summed E-state index contributed by atoms with van der Waals surface area (Å²) in [5.41, 5.74) is 4.39. The topological polar surface area (TPSA) is 59.4 Å². The number of fused-ring (bicyclic) bond motifs is 2. The average molecular weight is 410 g/mol. The minimum Gasteiger partial charge on any atom is -0.489 e. The number of anilines is 3. The molecule has 0 atom stereocenters. The van der Waals surface area contributed by atoms with Crippen molar-refractivity contribution in [3.63, 3.8) is 0 Å². The Hall–Kier alpha value is -4.06. The smallest absolute Gasteiger partial charge is 0.258 e. The molecule has 2 heterocycles. The number of carbonyl (C=O) groups is 1.